The van der Waals surface area contributed by atoms with Gasteiger partial charge < -0.3 is 0 Å². The number of rotatable bonds is 2. The van der Waals surface area contributed by atoms with Gasteiger partial charge in [0.2, 0.25) is 0 Å². The molecule has 0 bridgehead atoms. The molecule has 0 spiro atoms. The molecule has 0 unspecified atom stereocenters. The Morgan fingerprint density at radius 3 is 2.20 bits per heavy atom. The third kappa shape index (κ3) is 2.14. The van der Waals surface area contributed by atoms with E-state index in [0.717, 1.165) is 12.3 Å². The number of halogens is 5. The number of Topliss-reactive ketones (excluding diaryl/α,β-unsaturated/α-hetero) is 1. The van der Waals surface area contributed by atoms with Crippen LogP contribution >= 0.6 is 11.3 Å². The van der Waals surface area contributed by atoms with Crippen LogP contribution in [0.2, 0.25) is 0 Å². The number of hydrogen-bond acceptors (Lipinski definition) is 3. The molecule has 1 rings (SSSR count). The Labute approximate surface area is 84.7 Å². The zero-order chi connectivity index (χ0) is 11.9. The average Bonchev–Trinajstić information content (AvgIpc) is 2.49. The highest BCUT2D eigenvalue weighted by Gasteiger charge is 2.60. The second kappa shape index (κ2) is 3.51. The molecule has 0 fully saturated rings. The van der Waals surface area contributed by atoms with E-state index in [4.69, 9.17) is 0 Å². The highest BCUT2D eigenvalue weighted by molar-refractivity contribution is 7.10. The molecule has 0 atom stereocenters. The Morgan fingerprint density at radius 2 is 1.87 bits per heavy atom. The topological polar surface area (TPSA) is 30.0 Å². The maximum absolute atomic E-state index is 12.7. The number of ketones is 1. The predicted octanol–water partition coefficient (Wildman–Crippen LogP) is 3.00. The van der Waals surface area contributed by atoms with Crippen LogP contribution in [0.15, 0.2) is 5.38 Å². The van der Waals surface area contributed by atoms with Crippen LogP contribution in [0.4, 0.5) is 22.0 Å². The third-order valence-corrected chi connectivity index (χ3v) is 2.40. The van der Waals surface area contributed by atoms with E-state index in [9.17, 15) is 26.7 Å². The summed E-state index contributed by atoms with van der Waals surface area (Å²) in [6.07, 6.45) is -5.70. The molecule has 84 valence electrons. The van der Waals surface area contributed by atoms with E-state index in [2.05, 4.69) is 4.98 Å². The highest BCUT2D eigenvalue weighted by Crippen LogP contribution is 2.44. The molecular formula is C7H4F5NOS. The van der Waals surface area contributed by atoms with Gasteiger partial charge in [0, 0.05) is 12.3 Å². The smallest absolute Gasteiger partial charge is 0.293 e. The van der Waals surface area contributed by atoms with E-state index in [-0.39, 0.29) is 17.0 Å². The molecule has 0 aliphatic rings. The van der Waals surface area contributed by atoms with Crippen molar-refractivity contribution in [2.75, 3.05) is 0 Å². The fourth-order valence-corrected chi connectivity index (χ4v) is 1.56. The maximum atomic E-state index is 12.7. The molecule has 0 aliphatic heterocycles. The Kier molecular flexibility index (Phi) is 2.81. The lowest BCUT2D eigenvalue weighted by Crippen LogP contribution is -2.33. The Morgan fingerprint density at radius 1 is 1.33 bits per heavy atom. The van der Waals surface area contributed by atoms with Crippen molar-refractivity contribution < 1.29 is 26.7 Å². The summed E-state index contributed by atoms with van der Waals surface area (Å²) in [7, 11) is 0. The molecule has 8 heteroatoms. The first-order chi connectivity index (χ1) is 6.66. The van der Waals surface area contributed by atoms with Crippen LogP contribution in [0, 0.1) is 0 Å². The molecule has 2 nitrogen and oxygen atoms in total. The van der Waals surface area contributed by atoms with Crippen LogP contribution in [0.25, 0.3) is 0 Å². The third-order valence-electron chi connectivity index (χ3n) is 1.49. The fourth-order valence-electron chi connectivity index (χ4n) is 0.701. The number of nitrogens with zero attached hydrogens (tertiary/aromatic N) is 1. The van der Waals surface area contributed by atoms with E-state index in [1.807, 2.05) is 0 Å². The first-order valence-corrected chi connectivity index (χ1v) is 4.45. The monoisotopic (exact) mass is 245 g/mol. The van der Waals surface area contributed by atoms with E-state index in [1.54, 1.807) is 0 Å². The van der Waals surface area contributed by atoms with E-state index >= 15 is 0 Å². The summed E-state index contributed by atoms with van der Waals surface area (Å²) in [6.45, 7) is 1.03. The minimum Gasteiger partial charge on any atom is -0.293 e. The lowest BCUT2D eigenvalue weighted by Gasteiger charge is -2.16. The van der Waals surface area contributed by atoms with Crippen LogP contribution < -0.4 is 0 Å². The summed E-state index contributed by atoms with van der Waals surface area (Å²) in [4.78, 5) is 13.6. The van der Waals surface area contributed by atoms with Crippen molar-refractivity contribution in [3.05, 3.63) is 16.1 Å². The van der Waals surface area contributed by atoms with Crippen molar-refractivity contribution in [2.24, 2.45) is 0 Å². The second-order valence-corrected chi connectivity index (χ2v) is 3.52. The molecule has 0 saturated heterocycles. The van der Waals surface area contributed by atoms with Gasteiger partial charge in [-0.25, -0.2) is 4.98 Å². The summed E-state index contributed by atoms with van der Waals surface area (Å²) < 4.78 is 60.9. The van der Waals surface area contributed by atoms with Gasteiger partial charge in [0.15, 0.2) is 10.8 Å². The summed E-state index contributed by atoms with van der Waals surface area (Å²) >= 11 is 0.110. The summed E-state index contributed by atoms with van der Waals surface area (Å²) in [6, 6.07) is 0. The van der Waals surface area contributed by atoms with Crippen LogP contribution in [0.5, 0.6) is 0 Å². The van der Waals surface area contributed by atoms with Crippen molar-refractivity contribution in [3.8, 4) is 0 Å². The van der Waals surface area contributed by atoms with Crippen LogP contribution in [0.3, 0.4) is 0 Å². The Hall–Kier alpha value is -1.05. The van der Waals surface area contributed by atoms with Gasteiger partial charge in [-0.1, -0.05) is 0 Å². The summed E-state index contributed by atoms with van der Waals surface area (Å²) in [5.74, 6) is -5.67. The fraction of sp³-hybridized carbons (Fsp3) is 0.429. The SMILES string of the molecule is CC(=O)c1csc(C(F)(F)C(F)(F)F)n1. The quantitative estimate of drug-likeness (QED) is 0.592. The van der Waals surface area contributed by atoms with Crippen molar-refractivity contribution in [1.82, 2.24) is 4.98 Å². The minimum atomic E-state index is -5.70. The largest absolute Gasteiger partial charge is 0.460 e. The molecule has 0 amide bonds. The molecular weight excluding hydrogens is 241 g/mol. The van der Waals surface area contributed by atoms with E-state index < -0.39 is 22.9 Å². The summed E-state index contributed by atoms with van der Waals surface area (Å²) in [5, 5.41) is -0.544. The van der Waals surface area contributed by atoms with Gasteiger partial charge in [-0.15, -0.1) is 11.3 Å². The van der Waals surface area contributed by atoms with Gasteiger partial charge in [-0.05, 0) is 0 Å². The number of carbonyl (C=O) groups is 1. The zero-order valence-corrected chi connectivity index (χ0v) is 8.05. The molecule has 0 aromatic carbocycles. The summed E-state index contributed by atoms with van der Waals surface area (Å²) in [5.41, 5.74) is -0.390. The van der Waals surface area contributed by atoms with Crippen molar-refractivity contribution in [2.45, 2.75) is 19.0 Å². The molecule has 1 heterocycles. The predicted molar refractivity (Wildman–Crippen MR) is 42.1 cm³/mol. The zero-order valence-electron chi connectivity index (χ0n) is 7.23. The maximum Gasteiger partial charge on any atom is 0.460 e. The lowest BCUT2D eigenvalue weighted by atomic mass is 10.3. The number of carbonyl (C=O) groups excluding carboxylic acids is 1. The molecule has 0 aliphatic carbocycles. The first kappa shape index (κ1) is 12.0. The average molecular weight is 245 g/mol. The molecule has 1 aromatic heterocycles. The molecule has 0 N–H and O–H groups in total. The van der Waals surface area contributed by atoms with Crippen molar-refractivity contribution in [1.29, 1.82) is 0 Å². The van der Waals surface area contributed by atoms with Gasteiger partial charge in [-0.3, -0.25) is 4.79 Å². The van der Waals surface area contributed by atoms with E-state index in [0.29, 0.717) is 0 Å². The minimum absolute atomic E-state index is 0.110. The van der Waals surface area contributed by atoms with Crippen LogP contribution in [0.1, 0.15) is 22.4 Å². The number of hydrogen-bond donors (Lipinski definition) is 0. The van der Waals surface area contributed by atoms with Gasteiger partial charge >= 0.3 is 12.1 Å². The highest BCUT2D eigenvalue weighted by atomic mass is 32.1. The number of thiazole rings is 1. The van der Waals surface area contributed by atoms with Gasteiger partial charge in [0.1, 0.15) is 5.69 Å². The molecule has 1 aromatic rings. The second-order valence-electron chi connectivity index (χ2n) is 2.67. The van der Waals surface area contributed by atoms with Crippen molar-refractivity contribution >= 4 is 17.1 Å². The Balaban J connectivity index is 3.11. The van der Waals surface area contributed by atoms with Gasteiger partial charge in [0.25, 0.3) is 0 Å². The first-order valence-electron chi connectivity index (χ1n) is 3.57. The van der Waals surface area contributed by atoms with Crippen molar-refractivity contribution in [3.63, 3.8) is 0 Å². The lowest BCUT2D eigenvalue weighted by molar-refractivity contribution is -0.289. The normalized spacial score (nSPS) is 12.9. The molecule has 0 saturated carbocycles. The van der Waals surface area contributed by atoms with E-state index in [1.165, 1.54) is 0 Å². The Bertz CT molecular complexity index is 383. The van der Waals surface area contributed by atoms with Crippen LogP contribution in [-0.4, -0.2) is 16.9 Å². The van der Waals surface area contributed by atoms with Gasteiger partial charge in [0.05, 0.1) is 0 Å². The molecule has 0 radical (unpaired) electrons. The van der Waals surface area contributed by atoms with Crippen LogP contribution in [-0.2, 0) is 5.92 Å². The number of alkyl halides is 5. The number of aromatic nitrogens is 1. The standard InChI is InChI=1S/C7H4F5NOS/c1-3(14)4-2-15-5(13-4)6(8,9)7(10,11)12/h2H,1H3. The molecule has 15 heavy (non-hydrogen) atoms. The van der Waals surface area contributed by atoms with Gasteiger partial charge in [-0.2, -0.15) is 22.0 Å².